The van der Waals surface area contributed by atoms with Crippen molar-refractivity contribution in [1.29, 1.82) is 0 Å². The van der Waals surface area contributed by atoms with Gasteiger partial charge in [0.2, 0.25) is 0 Å². The predicted molar refractivity (Wildman–Crippen MR) is 93.7 cm³/mol. The molecule has 5 heteroatoms. The summed E-state index contributed by atoms with van der Waals surface area (Å²) in [5.41, 5.74) is 2.03. The highest BCUT2D eigenvalue weighted by Gasteiger charge is 2.14. The third kappa shape index (κ3) is 4.33. The van der Waals surface area contributed by atoms with Gasteiger partial charge in [0.15, 0.2) is 0 Å². The number of carbonyl (C=O) groups is 1. The van der Waals surface area contributed by atoms with Crippen LogP contribution in [0.5, 0.6) is 0 Å². The Morgan fingerprint density at radius 1 is 1.08 bits per heavy atom. The van der Waals surface area contributed by atoms with Crippen LogP contribution in [0, 0.1) is 5.82 Å². The molecule has 0 aliphatic carbocycles. The summed E-state index contributed by atoms with van der Waals surface area (Å²) in [7, 11) is 0. The van der Waals surface area contributed by atoms with Crippen LogP contribution in [0.3, 0.4) is 0 Å². The molecule has 0 aliphatic rings. The van der Waals surface area contributed by atoms with Gasteiger partial charge >= 0.3 is 0 Å². The minimum Gasteiger partial charge on any atom is -0.387 e. The Bertz CT molecular complexity index is 846. The zero-order chi connectivity index (χ0) is 17.6. The van der Waals surface area contributed by atoms with E-state index in [0.29, 0.717) is 17.8 Å². The molecule has 0 bridgehead atoms. The Labute approximate surface area is 145 Å². The summed E-state index contributed by atoms with van der Waals surface area (Å²) >= 11 is 0. The van der Waals surface area contributed by atoms with Crippen LogP contribution in [0.4, 0.5) is 4.39 Å². The van der Waals surface area contributed by atoms with E-state index >= 15 is 0 Å². The maximum absolute atomic E-state index is 13.2. The number of hydrogen-bond donors (Lipinski definition) is 2. The van der Waals surface area contributed by atoms with Crippen molar-refractivity contribution in [3.8, 4) is 0 Å². The van der Waals surface area contributed by atoms with E-state index < -0.39 is 11.9 Å². The first kappa shape index (κ1) is 16.9. The van der Waals surface area contributed by atoms with E-state index in [4.69, 9.17) is 0 Å². The zero-order valence-corrected chi connectivity index (χ0v) is 13.6. The number of benzene rings is 2. The second kappa shape index (κ2) is 7.77. The molecule has 2 aromatic carbocycles. The molecule has 128 valence electrons. The molecule has 3 rings (SSSR count). The van der Waals surface area contributed by atoms with Crippen LogP contribution in [-0.2, 0) is 6.54 Å². The third-order valence-electron chi connectivity index (χ3n) is 3.95. The molecule has 1 unspecified atom stereocenters. The molecule has 0 radical (unpaired) electrons. The molecule has 1 aromatic heterocycles. The molecule has 0 saturated heterocycles. The number of nitrogens with zero attached hydrogens (tertiary/aromatic N) is 1. The molecule has 4 nitrogen and oxygen atoms in total. The Kier molecular flexibility index (Phi) is 5.26. The van der Waals surface area contributed by atoms with E-state index in [-0.39, 0.29) is 12.5 Å². The van der Waals surface area contributed by atoms with E-state index in [1.807, 2.05) is 41.1 Å². The van der Waals surface area contributed by atoms with Gasteiger partial charge in [0.25, 0.3) is 5.91 Å². The van der Waals surface area contributed by atoms with Crippen LogP contribution in [0.15, 0.2) is 72.9 Å². The lowest BCUT2D eigenvalue weighted by Crippen LogP contribution is -2.30. The van der Waals surface area contributed by atoms with Gasteiger partial charge in [-0.05, 0) is 35.4 Å². The van der Waals surface area contributed by atoms with E-state index in [2.05, 4.69) is 5.32 Å². The van der Waals surface area contributed by atoms with Gasteiger partial charge in [-0.25, -0.2) is 4.39 Å². The van der Waals surface area contributed by atoms with Gasteiger partial charge in [-0.1, -0.05) is 42.5 Å². The van der Waals surface area contributed by atoms with Gasteiger partial charge in [0, 0.05) is 19.3 Å². The molecule has 0 fully saturated rings. The molecular formula is C20H19FN2O2. The highest BCUT2D eigenvalue weighted by molar-refractivity contribution is 5.92. The maximum atomic E-state index is 13.2. The van der Waals surface area contributed by atoms with Crippen LogP contribution in [0.25, 0.3) is 0 Å². The number of rotatable bonds is 6. The van der Waals surface area contributed by atoms with Gasteiger partial charge in [-0.3, -0.25) is 4.79 Å². The SMILES string of the molecule is O=C(NCC(O)c1cccc(F)c1)c1cccn1Cc1ccccc1. The van der Waals surface area contributed by atoms with Crippen molar-refractivity contribution < 1.29 is 14.3 Å². The van der Waals surface area contributed by atoms with Crippen molar-refractivity contribution in [3.05, 3.63) is 95.6 Å². The number of halogens is 1. The summed E-state index contributed by atoms with van der Waals surface area (Å²) in [4.78, 5) is 12.4. The fraction of sp³-hybridized carbons (Fsp3) is 0.150. The van der Waals surface area contributed by atoms with E-state index in [1.165, 1.54) is 18.2 Å². The van der Waals surface area contributed by atoms with Crippen LogP contribution in [-0.4, -0.2) is 22.1 Å². The van der Waals surface area contributed by atoms with Crippen molar-refractivity contribution in [2.45, 2.75) is 12.6 Å². The van der Waals surface area contributed by atoms with Gasteiger partial charge in [0.1, 0.15) is 11.5 Å². The summed E-state index contributed by atoms with van der Waals surface area (Å²) in [5, 5.41) is 12.8. The first-order valence-corrected chi connectivity index (χ1v) is 8.04. The molecule has 0 saturated carbocycles. The molecule has 3 aromatic rings. The Hall–Kier alpha value is -2.92. The highest BCUT2D eigenvalue weighted by atomic mass is 19.1. The van der Waals surface area contributed by atoms with Gasteiger partial charge in [-0.15, -0.1) is 0 Å². The quantitative estimate of drug-likeness (QED) is 0.725. The van der Waals surface area contributed by atoms with E-state index in [0.717, 1.165) is 5.56 Å². The van der Waals surface area contributed by atoms with Crippen LogP contribution >= 0.6 is 0 Å². The van der Waals surface area contributed by atoms with Crippen LogP contribution in [0.1, 0.15) is 27.7 Å². The zero-order valence-electron chi connectivity index (χ0n) is 13.6. The minimum atomic E-state index is -0.961. The van der Waals surface area contributed by atoms with Crippen molar-refractivity contribution in [1.82, 2.24) is 9.88 Å². The average Bonchev–Trinajstić information content (AvgIpc) is 3.08. The number of aliphatic hydroxyl groups is 1. The largest absolute Gasteiger partial charge is 0.387 e. The van der Waals surface area contributed by atoms with Gasteiger partial charge in [0.05, 0.1) is 6.10 Å². The third-order valence-corrected chi connectivity index (χ3v) is 3.95. The van der Waals surface area contributed by atoms with Crippen molar-refractivity contribution in [3.63, 3.8) is 0 Å². The summed E-state index contributed by atoms with van der Waals surface area (Å²) in [5.74, 6) is -0.698. The monoisotopic (exact) mass is 338 g/mol. The second-order valence-corrected chi connectivity index (χ2v) is 5.79. The highest BCUT2D eigenvalue weighted by Crippen LogP contribution is 2.14. The molecule has 2 N–H and O–H groups in total. The fourth-order valence-electron chi connectivity index (χ4n) is 2.65. The fourth-order valence-corrected chi connectivity index (χ4v) is 2.65. The van der Waals surface area contributed by atoms with E-state index in [9.17, 15) is 14.3 Å². The number of aromatic nitrogens is 1. The lowest BCUT2D eigenvalue weighted by atomic mass is 10.1. The van der Waals surface area contributed by atoms with Crippen LogP contribution < -0.4 is 5.32 Å². The van der Waals surface area contributed by atoms with E-state index in [1.54, 1.807) is 18.2 Å². The number of aliphatic hydroxyl groups excluding tert-OH is 1. The molecule has 1 amide bonds. The Morgan fingerprint density at radius 3 is 2.64 bits per heavy atom. The van der Waals surface area contributed by atoms with Crippen molar-refractivity contribution in [2.75, 3.05) is 6.54 Å². The predicted octanol–water partition coefficient (Wildman–Crippen LogP) is 3.14. The summed E-state index contributed by atoms with van der Waals surface area (Å²) in [6.45, 7) is 0.599. The first-order valence-electron chi connectivity index (χ1n) is 8.04. The van der Waals surface area contributed by atoms with Gasteiger partial charge in [-0.2, -0.15) is 0 Å². The summed E-state index contributed by atoms with van der Waals surface area (Å²) in [6, 6.07) is 19.1. The maximum Gasteiger partial charge on any atom is 0.268 e. The van der Waals surface area contributed by atoms with Gasteiger partial charge < -0.3 is 15.0 Å². The lowest BCUT2D eigenvalue weighted by molar-refractivity contribution is 0.0907. The number of amides is 1. The standard InChI is InChI=1S/C20H19FN2O2/c21-17-9-4-8-16(12-17)19(24)13-22-20(25)18-10-5-11-23(18)14-15-6-2-1-3-7-15/h1-12,19,24H,13-14H2,(H,22,25). The van der Waals surface area contributed by atoms with Crippen molar-refractivity contribution >= 4 is 5.91 Å². The van der Waals surface area contributed by atoms with Crippen LogP contribution in [0.2, 0.25) is 0 Å². The normalized spacial score (nSPS) is 11.9. The molecular weight excluding hydrogens is 319 g/mol. The first-order chi connectivity index (χ1) is 12.1. The van der Waals surface area contributed by atoms with Crippen molar-refractivity contribution in [2.24, 2.45) is 0 Å². The minimum absolute atomic E-state index is 0.0127. The Morgan fingerprint density at radius 2 is 1.88 bits per heavy atom. The number of hydrogen-bond acceptors (Lipinski definition) is 2. The molecule has 1 atom stereocenters. The number of nitrogens with one attached hydrogen (secondary N) is 1. The smallest absolute Gasteiger partial charge is 0.268 e. The Balaban J connectivity index is 1.63. The molecule has 0 aliphatic heterocycles. The lowest BCUT2D eigenvalue weighted by Gasteiger charge is -2.14. The summed E-state index contributed by atoms with van der Waals surface area (Å²) < 4.78 is 15.1. The number of carbonyl (C=O) groups excluding carboxylic acids is 1. The second-order valence-electron chi connectivity index (χ2n) is 5.79. The molecule has 25 heavy (non-hydrogen) atoms. The molecule has 1 heterocycles. The molecule has 0 spiro atoms. The average molecular weight is 338 g/mol. The topological polar surface area (TPSA) is 54.3 Å². The summed E-state index contributed by atoms with van der Waals surface area (Å²) in [6.07, 6.45) is 0.877.